The van der Waals surface area contributed by atoms with E-state index in [1.807, 2.05) is 74.5 Å². The molecule has 350 valence electrons. The zero-order chi connectivity index (χ0) is 45.6. The predicted molar refractivity (Wildman–Crippen MR) is 258 cm³/mol. The monoisotopic (exact) mass is 886 g/mol. The van der Waals surface area contributed by atoms with Crippen LogP contribution in [0, 0.1) is 5.92 Å². The van der Waals surface area contributed by atoms with Crippen LogP contribution < -0.4 is 5.73 Å². The summed E-state index contributed by atoms with van der Waals surface area (Å²) in [6.45, 7) is 8.10. The zero-order valence-corrected chi connectivity index (χ0v) is 39.3. The van der Waals surface area contributed by atoms with E-state index < -0.39 is 0 Å². The number of pyridine rings is 2. The van der Waals surface area contributed by atoms with Gasteiger partial charge in [0.05, 0.1) is 13.2 Å². The first-order valence-corrected chi connectivity index (χ1v) is 24.9. The lowest BCUT2D eigenvalue weighted by molar-refractivity contribution is -0.150. The average Bonchev–Trinajstić information content (AvgIpc) is 3.99. The van der Waals surface area contributed by atoms with Gasteiger partial charge in [-0.2, -0.15) is 0 Å². The van der Waals surface area contributed by atoms with Crippen molar-refractivity contribution in [3.05, 3.63) is 130 Å². The van der Waals surface area contributed by atoms with Crippen LogP contribution in [0.4, 0.5) is 0 Å². The fourth-order valence-corrected chi connectivity index (χ4v) is 9.90. The third-order valence-electron chi connectivity index (χ3n) is 13.3. The van der Waals surface area contributed by atoms with E-state index in [9.17, 15) is 14.4 Å². The lowest BCUT2D eigenvalue weighted by atomic mass is 9.95. The molecule has 2 unspecified atom stereocenters. The van der Waals surface area contributed by atoms with Gasteiger partial charge in [0.1, 0.15) is 18.4 Å². The molecule has 0 spiro atoms. The summed E-state index contributed by atoms with van der Waals surface area (Å²) in [5.74, 6) is 0.382. The number of aryl methyl sites for hydroxylation is 6. The Kier molecular flexibility index (Phi) is 20.6. The molecular weight excluding hydrogens is 811 g/mol. The van der Waals surface area contributed by atoms with Crippen LogP contribution in [0.2, 0.25) is 0 Å². The van der Waals surface area contributed by atoms with Crippen molar-refractivity contribution in [3.63, 3.8) is 0 Å². The summed E-state index contributed by atoms with van der Waals surface area (Å²) in [4.78, 5) is 49.1. The summed E-state index contributed by atoms with van der Waals surface area (Å²) in [5.41, 5.74) is 15.9. The second kappa shape index (κ2) is 27.0. The van der Waals surface area contributed by atoms with Gasteiger partial charge in [0.2, 0.25) is 0 Å². The Morgan fingerprint density at radius 3 is 1.66 bits per heavy atom. The first-order valence-electron chi connectivity index (χ1n) is 24.9. The maximum Gasteiger partial charge on any atom is 0.328 e. The van der Waals surface area contributed by atoms with Gasteiger partial charge in [0, 0.05) is 54.9 Å². The number of rotatable bonds is 18. The number of nitrogens with zero attached hydrogens (tertiary/aromatic N) is 4. The summed E-state index contributed by atoms with van der Waals surface area (Å²) >= 11 is 0. The number of unbranched alkanes of at least 4 members (excludes halogenated alkanes) is 3. The van der Waals surface area contributed by atoms with Gasteiger partial charge in [0.15, 0.2) is 0 Å². The van der Waals surface area contributed by atoms with Crippen molar-refractivity contribution in [1.29, 1.82) is 0 Å². The van der Waals surface area contributed by atoms with Gasteiger partial charge in [-0.15, -0.1) is 0 Å². The summed E-state index contributed by atoms with van der Waals surface area (Å²) in [6.07, 6.45) is 21.6. The molecule has 0 saturated carbocycles. The molecule has 0 amide bonds. The number of aromatic nitrogens is 2. The highest BCUT2D eigenvalue weighted by molar-refractivity contribution is 5.78. The number of likely N-dealkylation sites (tertiary alicyclic amines) is 2. The predicted octanol–water partition coefficient (Wildman–Crippen LogP) is 9.50. The molecule has 4 atom stereocenters. The number of hydrogen-bond donors (Lipinski definition) is 1. The molecule has 4 heterocycles. The number of esters is 2. The van der Waals surface area contributed by atoms with Crippen molar-refractivity contribution in [2.24, 2.45) is 11.7 Å². The number of fused-ring (bicyclic) bond motifs is 2. The largest absolute Gasteiger partial charge is 0.465 e. The molecule has 10 heteroatoms. The molecule has 10 nitrogen and oxygen atoms in total. The van der Waals surface area contributed by atoms with Crippen molar-refractivity contribution in [3.8, 4) is 0 Å². The Morgan fingerprint density at radius 1 is 0.646 bits per heavy atom. The van der Waals surface area contributed by atoms with E-state index >= 15 is 0 Å². The molecule has 2 saturated heterocycles. The van der Waals surface area contributed by atoms with Crippen LogP contribution in [0.3, 0.4) is 0 Å². The minimum atomic E-state index is -0.320. The highest BCUT2D eigenvalue weighted by atomic mass is 16.5. The van der Waals surface area contributed by atoms with Crippen molar-refractivity contribution in [1.82, 2.24) is 19.8 Å². The molecule has 65 heavy (non-hydrogen) atoms. The fourth-order valence-electron chi connectivity index (χ4n) is 9.90. The minimum Gasteiger partial charge on any atom is -0.465 e. The Bertz CT molecular complexity index is 2050. The van der Waals surface area contributed by atoms with Crippen LogP contribution in [0.25, 0.3) is 0 Å². The highest BCUT2D eigenvalue weighted by Gasteiger charge is 2.35. The van der Waals surface area contributed by atoms with E-state index in [-0.39, 0.29) is 30.1 Å². The van der Waals surface area contributed by atoms with E-state index in [0.717, 1.165) is 87.8 Å². The van der Waals surface area contributed by atoms with Crippen LogP contribution in [-0.4, -0.2) is 83.4 Å². The molecule has 2 aliphatic carbocycles. The third kappa shape index (κ3) is 15.4. The van der Waals surface area contributed by atoms with Crippen molar-refractivity contribution in [2.45, 2.75) is 148 Å². The number of carbonyl (C=O) groups excluding carboxylic acids is 3. The van der Waals surface area contributed by atoms with Crippen LogP contribution in [-0.2, 0) is 62.4 Å². The Morgan fingerprint density at radius 2 is 1.15 bits per heavy atom. The molecule has 8 rings (SSSR count). The quantitative estimate of drug-likeness (QED) is 0.0587. The van der Waals surface area contributed by atoms with Gasteiger partial charge >= 0.3 is 11.9 Å². The van der Waals surface area contributed by atoms with Gasteiger partial charge in [-0.05, 0) is 157 Å². The Hall–Kier alpha value is -4.77. The molecule has 4 aromatic rings. The maximum atomic E-state index is 12.7. The van der Waals surface area contributed by atoms with Gasteiger partial charge < -0.3 is 20.0 Å². The Balaban J connectivity index is 0.000000178. The van der Waals surface area contributed by atoms with Crippen LogP contribution in [0.5, 0.6) is 0 Å². The van der Waals surface area contributed by atoms with Gasteiger partial charge in [-0.1, -0.05) is 85.6 Å². The second-order valence-corrected chi connectivity index (χ2v) is 18.2. The summed E-state index contributed by atoms with van der Waals surface area (Å²) in [6, 6.07) is 28.3. The SMILES string of the molecule is CCOC(=O)C(c1ccccc1)N1CC[C@@H](CCCCCc2ccc3c(n2)CCCC3)C1.CCOC(=O)C(c1ccccc1)N1CC[C@@H](N)C1.O=CCCCc1ccc2c(n1)CCCC2. The lowest BCUT2D eigenvalue weighted by Gasteiger charge is -2.26. The number of ether oxygens (including phenoxy) is 2. The van der Waals surface area contributed by atoms with Gasteiger partial charge in [0.25, 0.3) is 0 Å². The van der Waals surface area contributed by atoms with E-state index in [2.05, 4.69) is 39.0 Å². The standard InChI is InChI=1S/C28H38N2O2.C14H20N2O2.C13H17NO/c1-2-32-28(31)27(24-13-6-4-7-14-24)30-20-19-22(21-30)11-5-3-8-15-25-18-17-23-12-9-10-16-26(23)29-25;1-2-18-14(17)13(11-6-4-3-5-7-11)16-9-8-12(15)10-16;15-10-4-3-6-12-9-8-11-5-1-2-7-13(11)14-12/h4,6-7,13-14,17-18,22,27H,2-3,5,8-12,15-16,19-21H2,1H3;3-7,12-13H,2,8-10,15H2,1H3;8-10H,1-7H2/t22-,27?;12-,13?;/m11./s1. The third-order valence-corrected chi connectivity index (χ3v) is 13.3. The van der Waals surface area contributed by atoms with E-state index in [1.54, 1.807) is 0 Å². The molecule has 2 aromatic heterocycles. The second-order valence-electron chi connectivity index (χ2n) is 18.2. The number of carbonyl (C=O) groups is 3. The average molecular weight is 886 g/mol. The smallest absolute Gasteiger partial charge is 0.328 e. The number of hydrogen-bond acceptors (Lipinski definition) is 10. The van der Waals surface area contributed by atoms with E-state index in [0.29, 0.717) is 25.6 Å². The van der Waals surface area contributed by atoms with Crippen LogP contribution in [0.1, 0.15) is 148 Å². The first-order chi connectivity index (χ1) is 31.9. The lowest BCUT2D eigenvalue weighted by Crippen LogP contribution is -2.35. The van der Waals surface area contributed by atoms with E-state index in [4.69, 9.17) is 20.2 Å². The first kappa shape index (κ1) is 49.7. The maximum absolute atomic E-state index is 12.7. The fraction of sp³-hybridized carbons (Fsp3) is 0.545. The topological polar surface area (TPSA) is 128 Å². The van der Waals surface area contributed by atoms with Crippen molar-refractivity contribution >= 4 is 18.2 Å². The zero-order valence-electron chi connectivity index (χ0n) is 39.3. The van der Waals surface area contributed by atoms with Crippen molar-refractivity contribution in [2.75, 3.05) is 39.4 Å². The summed E-state index contributed by atoms with van der Waals surface area (Å²) < 4.78 is 10.6. The molecule has 4 aliphatic rings. The molecule has 0 bridgehead atoms. The normalized spacial score (nSPS) is 19.0. The summed E-state index contributed by atoms with van der Waals surface area (Å²) in [5, 5.41) is 0. The van der Waals surface area contributed by atoms with Gasteiger partial charge in [-0.3, -0.25) is 19.8 Å². The number of benzene rings is 2. The highest BCUT2D eigenvalue weighted by Crippen LogP contribution is 2.32. The molecule has 2 fully saturated rings. The molecule has 0 radical (unpaired) electrons. The van der Waals surface area contributed by atoms with Crippen LogP contribution in [0.15, 0.2) is 84.9 Å². The molecular formula is C55H75N5O5. The molecule has 2 aromatic carbocycles. The number of nitrogens with two attached hydrogens (primary N) is 1. The van der Waals surface area contributed by atoms with E-state index in [1.165, 1.54) is 98.8 Å². The summed E-state index contributed by atoms with van der Waals surface area (Å²) in [7, 11) is 0. The molecule has 2 N–H and O–H groups in total. The van der Waals surface area contributed by atoms with Crippen molar-refractivity contribution < 1.29 is 23.9 Å². The molecule has 2 aliphatic heterocycles. The van der Waals surface area contributed by atoms with Crippen LogP contribution >= 0.6 is 0 Å². The Labute approximate surface area is 389 Å². The number of aldehydes is 1. The minimum absolute atomic E-state index is 0.114. The van der Waals surface area contributed by atoms with Gasteiger partial charge in [-0.25, -0.2) is 9.59 Å².